The maximum absolute atomic E-state index is 12.8. The lowest BCUT2D eigenvalue weighted by molar-refractivity contribution is -0.142. The van der Waals surface area contributed by atoms with Crippen molar-refractivity contribution in [3.05, 3.63) is 35.3 Å². The molecule has 136 valence electrons. The van der Waals surface area contributed by atoms with Crippen molar-refractivity contribution in [1.29, 1.82) is 0 Å². The number of piperidine rings is 1. The molecule has 2 aromatic rings. The SMILES string of the molecule is O=C([C@@H]1CCCN1C(=O)/C=C/c1nc2ccccc2s1)N1CCCCC1. The molecular formula is C20H23N3O2S. The summed E-state index contributed by atoms with van der Waals surface area (Å²) in [5, 5.41) is 0.817. The molecule has 0 bridgehead atoms. The fourth-order valence-corrected chi connectivity index (χ4v) is 4.68. The Morgan fingerprint density at radius 3 is 2.69 bits per heavy atom. The van der Waals surface area contributed by atoms with E-state index >= 15 is 0 Å². The summed E-state index contributed by atoms with van der Waals surface area (Å²) in [5.41, 5.74) is 0.948. The molecular weight excluding hydrogens is 346 g/mol. The second-order valence-electron chi connectivity index (χ2n) is 6.93. The van der Waals surface area contributed by atoms with E-state index in [9.17, 15) is 9.59 Å². The molecule has 2 amide bonds. The van der Waals surface area contributed by atoms with Crippen LogP contribution in [0.5, 0.6) is 0 Å². The number of carbonyl (C=O) groups is 2. The van der Waals surface area contributed by atoms with Crippen LogP contribution < -0.4 is 0 Å². The topological polar surface area (TPSA) is 53.5 Å². The molecule has 2 aliphatic rings. The standard InChI is InChI=1S/C20H23N3O2S/c24-19(11-10-18-21-15-7-2-3-9-17(15)26-18)23-14-6-8-16(23)20(25)22-12-4-1-5-13-22/h2-3,7,9-11,16H,1,4-6,8,12-14H2/b11-10+/t16-/m0/s1. The molecule has 5 nitrogen and oxygen atoms in total. The molecule has 0 saturated carbocycles. The number of aromatic nitrogens is 1. The predicted octanol–water partition coefficient (Wildman–Crippen LogP) is 3.31. The maximum Gasteiger partial charge on any atom is 0.247 e. The zero-order chi connectivity index (χ0) is 17.9. The highest BCUT2D eigenvalue weighted by molar-refractivity contribution is 7.19. The maximum atomic E-state index is 12.8. The van der Waals surface area contributed by atoms with Crippen LogP contribution >= 0.6 is 11.3 Å². The van der Waals surface area contributed by atoms with Crippen molar-refractivity contribution in [3.63, 3.8) is 0 Å². The second kappa shape index (κ2) is 7.58. The first-order chi connectivity index (χ1) is 12.7. The van der Waals surface area contributed by atoms with Gasteiger partial charge in [0.05, 0.1) is 10.2 Å². The van der Waals surface area contributed by atoms with Crippen LogP contribution in [-0.4, -0.2) is 52.3 Å². The molecule has 3 heterocycles. The van der Waals surface area contributed by atoms with Crippen LogP contribution in [0, 0.1) is 0 Å². The third-order valence-electron chi connectivity index (χ3n) is 5.17. The summed E-state index contributed by atoms with van der Waals surface area (Å²) in [6, 6.07) is 7.65. The van der Waals surface area contributed by atoms with Gasteiger partial charge in [0.1, 0.15) is 11.0 Å². The molecule has 1 aromatic carbocycles. The van der Waals surface area contributed by atoms with Crippen LogP contribution in [0.1, 0.15) is 37.1 Å². The monoisotopic (exact) mass is 369 g/mol. The van der Waals surface area contributed by atoms with Crippen LogP contribution in [0.4, 0.5) is 0 Å². The Morgan fingerprint density at radius 1 is 1.08 bits per heavy atom. The lowest BCUT2D eigenvalue weighted by Gasteiger charge is -2.32. The number of benzene rings is 1. The number of hydrogen-bond donors (Lipinski definition) is 0. The zero-order valence-electron chi connectivity index (χ0n) is 14.8. The predicted molar refractivity (Wildman–Crippen MR) is 104 cm³/mol. The Bertz CT molecular complexity index is 805. The first-order valence-corrected chi connectivity index (χ1v) is 10.2. The van der Waals surface area contributed by atoms with Crippen molar-refractivity contribution in [2.45, 2.75) is 38.1 Å². The Labute approximate surface area is 157 Å². The first-order valence-electron chi connectivity index (χ1n) is 9.35. The minimum atomic E-state index is -0.291. The van der Waals surface area contributed by atoms with Gasteiger partial charge in [-0.25, -0.2) is 4.98 Å². The van der Waals surface area contributed by atoms with E-state index in [1.807, 2.05) is 29.2 Å². The van der Waals surface area contributed by atoms with Crippen LogP contribution in [-0.2, 0) is 9.59 Å². The number of carbonyl (C=O) groups excluding carboxylic acids is 2. The lowest BCUT2D eigenvalue weighted by atomic mass is 10.1. The van der Waals surface area contributed by atoms with E-state index in [0.717, 1.165) is 54.0 Å². The summed E-state index contributed by atoms with van der Waals surface area (Å²) in [5.74, 6) is 0.0426. The molecule has 2 aliphatic heterocycles. The lowest BCUT2D eigenvalue weighted by Crippen LogP contribution is -2.48. The minimum absolute atomic E-state index is 0.0860. The Morgan fingerprint density at radius 2 is 1.88 bits per heavy atom. The summed E-state index contributed by atoms with van der Waals surface area (Å²) in [6.07, 6.45) is 8.35. The van der Waals surface area contributed by atoms with E-state index in [1.165, 1.54) is 6.42 Å². The Kier molecular flexibility index (Phi) is 5.02. The molecule has 0 aliphatic carbocycles. The van der Waals surface area contributed by atoms with Gasteiger partial charge in [-0.1, -0.05) is 12.1 Å². The number of para-hydroxylation sites is 1. The van der Waals surface area contributed by atoms with Gasteiger partial charge in [-0.05, 0) is 50.3 Å². The molecule has 1 aromatic heterocycles. The molecule has 0 N–H and O–H groups in total. The minimum Gasteiger partial charge on any atom is -0.341 e. The average Bonchev–Trinajstić information content (AvgIpc) is 3.33. The molecule has 1 atom stereocenters. The van der Waals surface area contributed by atoms with Gasteiger partial charge >= 0.3 is 0 Å². The van der Waals surface area contributed by atoms with E-state index in [0.29, 0.717) is 6.54 Å². The van der Waals surface area contributed by atoms with E-state index in [1.54, 1.807) is 28.4 Å². The number of nitrogens with zero attached hydrogens (tertiary/aromatic N) is 3. The van der Waals surface area contributed by atoms with Crippen molar-refractivity contribution < 1.29 is 9.59 Å². The highest BCUT2D eigenvalue weighted by Crippen LogP contribution is 2.24. The molecule has 4 rings (SSSR count). The van der Waals surface area contributed by atoms with E-state index < -0.39 is 0 Å². The van der Waals surface area contributed by atoms with E-state index in [2.05, 4.69) is 4.98 Å². The fourth-order valence-electron chi connectivity index (χ4n) is 3.81. The molecule has 0 unspecified atom stereocenters. The van der Waals surface area contributed by atoms with Gasteiger partial charge in [0.25, 0.3) is 0 Å². The average molecular weight is 369 g/mol. The van der Waals surface area contributed by atoms with Gasteiger partial charge in [-0.15, -0.1) is 11.3 Å². The molecule has 0 radical (unpaired) electrons. The van der Waals surface area contributed by atoms with Crippen molar-refractivity contribution in [3.8, 4) is 0 Å². The number of rotatable bonds is 3. The second-order valence-corrected chi connectivity index (χ2v) is 7.99. The number of thiazole rings is 1. The Hall–Kier alpha value is -2.21. The normalized spacial score (nSPS) is 21.0. The molecule has 0 spiro atoms. The van der Waals surface area contributed by atoms with Crippen LogP contribution in [0.3, 0.4) is 0 Å². The molecule has 6 heteroatoms. The summed E-state index contributed by atoms with van der Waals surface area (Å²) in [7, 11) is 0. The summed E-state index contributed by atoms with van der Waals surface area (Å²) < 4.78 is 1.11. The Balaban J connectivity index is 1.45. The van der Waals surface area contributed by atoms with Crippen molar-refractivity contribution in [1.82, 2.24) is 14.8 Å². The van der Waals surface area contributed by atoms with Crippen LogP contribution in [0.15, 0.2) is 30.3 Å². The molecule has 26 heavy (non-hydrogen) atoms. The fraction of sp³-hybridized carbons (Fsp3) is 0.450. The highest BCUT2D eigenvalue weighted by Gasteiger charge is 2.35. The third-order valence-corrected chi connectivity index (χ3v) is 6.17. The van der Waals surface area contributed by atoms with Gasteiger partial charge in [0.15, 0.2) is 0 Å². The van der Waals surface area contributed by atoms with Crippen molar-refractivity contribution >= 4 is 39.4 Å². The smallest absolute Gasteiger partial charge is 0.247 e. The number of hydrogen-bond acceptors (Lipinski definition) is 4. The number of amides is 2. The third kappa shape index (κ3) is 3.51. The van der Waals surface area contributed by atoms with Gasteiger partial charge in [-0.2, -0.15) is 0 Å². The summed E-state index contributed by atoms with van der Waals surface area (Å²) >= 11 is 1.57. The van der Waals surface area contributed by atoms with Gasteiger partial charge in [0, 0.05) is 25.7 Å². The number of fused-ring (bicyclic) bond motifs is 1. The van der Waals surface area contributed by atoms with Crippen LogP contribution in [0.2, 0.25) is 0 Å². The van der Waals surface area contributed by atoms with Gasteiger partial charge in [-0.3, -0.25) is 9.59 Å². The van der Waals surface area contributed by atoms with Crippen molar-refractivity contribution in [2.24, 2.45) is 0 Å². The largest absolute Gasteiger partial charge is 0.341 e. The molecule has 2 fully saturated rings. The first kappa shape index (κ1) is 17.2. The van der Waals surface area contributed by atoms with Crippen molar-refractivity contribution in [2.75, 3.05) is 19.6 Å². The van der Waals surface area contributed by atoms with E-state index in [4.69, 9.17) is 0 Å². The van der Waals surface area contributed by atoms with Gasteiger partial charge in [0.2, 0.25) is 11.8 Å². The molecule has 2 saturated heterocycles. The highest BCUT2D eigenvalue weighted by atomic mass is 32.1. The zero-order valence-corrected chi connectivity index (χ0v) is 15.6. The van der Waals surface area contributed by atoms with Crippen LogP contribution in [0.25, 0.3) is 16.3 Å². The summed E-state index contributed by atoms with van der Waals surface area (Å²) in [6.45, 7) is 2.32. The number of likely N-dealkylation sites (tertiary alicyclic amines) is 2. The summed E-state index contributed by atoms with van der Waals surface area (Å²) in [4.78, 5) is 33.7. The van der Waals surface area contributed by atoms with E-state index in [-0.39, 0.29) is 17.9 Å². The quantitative estimate of drug-likeness (QED) is 0.780. The van der Waals surface area contributed by atoms with Gasteiger partial charge < -0.3 is 9.80 Å².